The van der Waals surface area contributed by atoms with Crippen LogP contribution in [0, 0.1) is 0 Å². The molecule has 0 radical (unpaired) electrons. The molecule has 2 heterocycles. The van der Waals surface area contributed by atoms with Crippen molar-refractivity contribution in [2.24, 2.45) is 0 Å². The molecule has 0 aromatic rings. The maximum atomic E-state index is 11.4. The van der Waals surface area contributed by atoms with Gasteiger partial charge in [-0.15, -0.1) is 0 Å². The highest BCUT2D eigenvalue weighted by Crippen LogP contribution is 2.08. The fourth-order valence-corrected chi connectivity index (χ4v) is 2.52. The van der Waals surface area contributed by atoms with Crippen LogP contribution in [0.5, 0.6) is 0 Å². The number of urea groups is 1. The average Bonchev–Trinajstić information content (AvgIpc) is 2.92. The van der Waals surface area contributed by atoms with Gasteiger partial charge in [0.1, 0.15) is 0 Å². The van der Waals surface area contributed by atoms with Crippen molar-refractivity contribution in [1.29, 1.82) is 0 Å². The van der Waals surface area contributed by atoms with E-state index < -0.39 is 0 Å². The van der Waals surface area contributed by atoms with Crippen molar-refractivity contribution >= 4 is 6.03 Å². The first-order chi connectivity index (χ1) is 7.81. The minimum Gasteiger partial charge on any atom is -0.336 e. The van der Waals surface area contributed by atoms with Gasteiger partial charge in [-0.1, -0.05) is 6.92 Å². The Hall–Kier alpha value is -0.810. The van der Waals surface area contributed by atoms with E-state index in [2.05, 4.69) is 22.5 Å². The first-order valence-electron chi connectivity index (χ1n) is 6.29. The predicted octanol–water partition coefficient (Wildman–Crippen LogP) is -0.305. The van der Waals surface area contributed by atoms with Crippen LogP contribution in [0.4, 0.5) is 4.79 Å². The molecule has 2 rings (SSSR count). The number of hydrogen-bond acceptors (Lipinski definition) is 3. The van der Waals surface area contributed by atoms with Crippen molar-refractivity contribution < 1.29 is 4.79 Å². The molecule has 0 aromatic carbocycles. The molecule has 92 valence electrons. The molecular weight excluding hydrogens is 204 g/mol. The monoisotopic (exact) mass is 226 g/mol. The molecule has 0 saturated carbocycles. The summed E-state index contributed by atoms with van der Waals surface area (Å²) in [7, 11) is 0. The molecule has 1 atom stereocenters. The second-order valence-electron chi connectivity index (χ2n) is 4.49. The number of carbonyl (C=O) groups excluding carboxylic acids is 1. The van der Waals surface area contributed by atoms with E-state index in [0.717, 1.165) is 45.8 Å². The van der Waals surface area contributed by atoms with Crippen LogP contribution >= 0.6 is 0 Å². The second kappa shape index (κ2) is 5.50. The second-order valence-corrected chi connectivity index (χ2v) is 4.49. The highest BCUT2D eigenvalue weighted by molar-refractivity contribution is 5.76. The first kappa shape index (κ1) is 11.7. The third-order valence-corrected chi connectivity index (χ3v) is 3.56. The molecule has 2 fully saturated rings. The van der Waals surface area contributed by atoms with Crippen LogP contribution in [0.15, 0.2) is 0 Å². The van der Waals surface area contributed by atoms with Crippen molar-refractivity contribution in [2.75, 3.05) is 45.8 Å². The Morgan fingerprint density at radius 2 is 2.38 bits per heavy atom. The Labute approximate surface area is 97.2 Å². The van der Waals surface area contributed by atoms with Gasteiger partial charge in [-0.3, -0.25) is 4.90 Å². The van der Waals surface area contributed by atoms with Gasteiger partial charge < -0.3 is 15.5 Å². The minimum atomic E-state index is 0.0978. The van der Waals surface area contributed by atoms with Crippen molar-refractivity contribution in [3.8, 4) is 0 Å². The highest BCUT2D eigenvalue weighted by atomic mass is 16.2. The lowest BCUT2D eigenvalue weighted by molar-refractivity contribution is 0.182. The fourth-order valence-electron chi connectivity index (χ4n) is 2.52. The summed E-state index contributed by atoms with van der Waals surface area (Å²) in [5, 5.41) is 6.23. The Bertz CT molecular complexity index is 240. The quantitative estimate of drug-likeness (QED) is 0.676. The number of hydrogen-bond donors (Lipinski definition) is 2. The van der Waals surface area contributed by atoms with Gasteiger partial charge in [0.15, 0.2) is 0 Å². The molecule has 0 bridgehead atoms. The molecule has 2 aliphatic rings. The molecule has 5 heteroatoms. The van der Waals surface area contributed by atoms with Gasteiger partial charge in [0, 0.05) is 38.8 Å². The van der Waals surface area contributed by atoms with Gasteiger partial charge in [0.05, 0.1) is 0 Å². The van der Waals surface area contributed by atoms with Gasteiger partial charge in [0.2, 0.25) is 0 Å². The van der Waals surface area contributed by atoms with Crippen LogP contribution in [0.2, 0.25) is 0 Å². The third-order valence-electron chi connectivity index (χ3n) is 3.56. The summed E-state index contributed by atoms with van der Waals surface area (Å²) in [4.78, 5) is 15.8. The van der Waals surface area contributed by atoms with Crippen LogP contribution in [-0.2, 0) is 0 Å². The number of likely N-dealkylation sites (N-methyl/N-ethyl adjacent to an activating group) is 1. The van der Waals surface area contributed by atoms with Gasteiger partial charge in [-0.05, 0) is 19.5 Å². The summed E-state index contributed by atoms with van der Waals surface area (Å²) in [6.07, 6.45) is 1.24. The van der Waals surface area contributed by atoms with Crippen LogP contribution in [0.3, 0.4) is 0 Å². The maximum absolute atomic E-state index is 11.4. The highest BCUT2D eigenvalue weighted by Gasteiger charge is 2.23. The summed E-state index contributed by atoms with van der Waals surface area (Å²) >= 11 is 0. The predicted molar refractivity (Wildman–Crippen MR) is 63.5 cm³/mol. The van der Waals surface area contributed by atoms with Crippen molar-refractivity contribution in [3.63, 3.8) is 0 Å². The zero-order valence-corrected chi connectivity index (χ0v) is 10.0. The Balaban J connectivity index is 1.75. The molecule has 0 spiro atoms. The summed E-state index contributed by atoms with van der Waals surface area (Å²) in [5.41, 5.74) is 0. The Morgan fingerprint density at radius 3 is 2.94 bits per heavy atom. The Kier molecular flexibility index (Phi) is 4.01. The number of rotatable bonds is 5. The molecule has 0 aromatic heterocycles. The van der Waals surface area contributed by atoms with Crippen LogP contribution in [0.1, 0.15) is 13.3 Å². The van der Waals surface area contributed by atoms with Crippen molar-refractivity contribution in [3.05, 3.63) is 0 Å². The largest absolute Gasteiger partial charge is 0.336 e. The smallest absolute Gasteiger partial charge is 0.317 e. The van der Waals surface area contributed by atoms with Crippen LogP contribution < -0.4 is 10.6 Å². The van der Waals surface area contributed by atoms with Crippen LogP contribution in [0.25, 0.3) is 0 Å². The normalized spacial score (nSPS) is 25.5. The van der Waals surface area contributed by atoms with Crippen LogP contribution in [-0.4, -0.2) is 67.7 Å². The third kappa shape index (κ3) is 2.65. The number of carbonyl (C=O) groups is 1. The van der Waals surface area contributed by atoms with E-state index >= 15 is 0 Å². The minimum absolute atomic E-state index is 0.0978. The van der Waals surface area contributed by atoms with Gasteiger partial charge in [-0.25, -0.2) is 4.79 Å². The molecule has 5 nitrogen and oxygen atoms in total. The van der Waals surface area contributed by atoms with Gasteiger partial charge >= 0.3 is 6.03 Å². The lowest BCUT2D eigenvalue weighted by Gasteiger charge is -2.28. The van der Waals surface area contributed by atoms with E-state index in [-0.39, 0.29) is 6.03 Å². The summed E-state index contributed by atoms with van der Waals surface area (Å²) in [6.45, 7) is 9.01. The number of amides is 2. The topological polar surface area (TPSA) is 47.6 Å². The summed E-state index contributed by atoms with van der Waals surface area (Å²) in [5.74, 6) is 0. The van der Waals surface area contributed by atoms with Crippen molar-refractivity contribution in [2.45, 2.75) is 19.4 Å². The zero-order valence-electron chi connectivity index (χ0n) is 10.0. The lowest BCUT2D eigenvalue weighted by atomic mass is 10.2. The van der Waals surface area contributed by atoms with Gasteiger partial charge in [-0.2, -0.15) is 0 Å². The zero-order chi connectivity index (χ0) is 11.4. The molecule has 0 aliphatic carbocycles. The fraction of sp³-hybridized carbons (Fsp3) is 0.909. The van der Waals surface area contributed by atoms with E-state index in [1.54, 1.807) is 0 Å². The van der Waals surface area contributed by atoms with E-state index in [4.69, 9.17) is 0 Å². The maximum Gasteiger partial charge on any atom is 0.317 e. The molecule has 2 aliphatic heterocycles. The van der Waals surface area contributed by atoms with E-state index in [1.165, 1.54) is 6.42 Å². The molecular formula is C11H22N4O. The molecule has 1 unspecified atom stereocenters. The number of nitrogens with zero attached hydrogens (tertiary/aromatic N) is 2. The lowest BCUT2D eigenvalue weighted by Crippen LogP contribution is -2.42. The molecule has 2 saturated heterocycles. The SMILES string of the molecule is CCN(CCN1CCNC1=O)C1CCNC1. The van der Waals surface area contributed by atoms with Gasteiger partial charge in [0.25, 0.3) is 0 Å². The van der Waals surface area contributed by atoms with E-state index in [9.17, 15) is 4.79 Å². The molecule has 2 N–H and O–H groups in total. The number of nitrogens with one attached hydrogen (secondary N) is 2. The first-order valence-corrected chi connectivity index (χ1v) is 6.29. The summed E-state index contributed by atoms with van der Waals surface area (Å²) < 4.78 is 0. The average molecular weight is 226 g/mol. The summed E-state index contributed by atoms with van der Waals surface area (Å²) in [6, 6.07) is 0.760. The van der Waals surface area contributed by atoms with Crippen molar-refractivity contribution in [1.82, 2.24) is 20.4 Å². The Morgan fingerprint density at radius 1 is 1.50 bits per heavy atom. The van der Waals surface area contributed by atoms with E-state index in [1.807, 2.05) is 4.90 Å². The molecule has 2 amide bonds. The molecule has 16 heavy (non-hydrogen) atoms. The van der Waals surface area contributed by atoms with E-state index in [0.29, 0.717) is 6.04 Å². The standard InChI is InChI=1S/C11H22N4O/c1-2-14(10-3-4-12-9-10)7-8-15-6-5-13-11(15)16/h10,12H,2-9H2,1H3,(H,13,16).